The second kappa shape index (κ2) is 8.32. The molecule has 32 heavy (non-hydrogen) atoms. The Morgan fingerprint density at radius 1 is 0.906 bits per heavy atom. The van der Waals surface area contributed by atoms with Crippen LogP contribution >= 0.6 is 0 Å². The van der Waals surface area contributed by atoms with E-state index in [-0.39, 0.29) is 17.5 Å². The van der Waals surface area contributed by atoms with Gasteiger partial charge in [-0.1, -0.05) is 12.1 Å². The van der Waals surface area contributed by atoms with E-state index in [0.717, 1.165) is 11.3 Å². The maximum Gasteiger partial charge on any atom is 0.278 e. The summed E-state index contributed by atoms with van der Waals surface area (Å²) in [5.74, 6) is -0.360. The molecule has 4 aromatic rings. The van der Waals surface area contributed by atoms with Crippen LogP contribution in [0.4, 0.5) is 5.69 Å². The molecule has 158 valence electrons. The Bertz CT molecular complexity index is 1350. The zero-order valence-electron chi connectivity index (χ0n) is 17.9. The molecule has 0 spiro atoms. The average Bonchev–Trinajstić information content (AvgIpc) is 3.26. The fourth-order valence-electron chi connectivity index (χ4n) is 3.30. The minimum absolute atomic E-state index is 0.0717. The largest absolute Gasteiger partial charge is 0.345 e. The number of benzene rings is 2. The summed E-state index contributed by atoms with van der Waals surface area (Å²) >= 11 is 0. The molecule has 2 amide bonds. The second-order valence-electron chi connectivity index (χ2n) is 7.44. The first-order valence-corrected chi connectivity index (χ1v) is 9.82. The number of anilines is 1. The molecule has 2 aromatic carbocycles. The van der Waals surface area contributed by atoms with Gasteiger partial charge in [-0.15, -0.1) is 0 Å². The summed E-state index contributed by atoms with van der Waals surface area (Å²) in [5.41, 5.74) is 4.26. The fraction of sp³-hybridized carbons (Fsp3) is 0.125. The van der Waals surface area contributed by atoms with Crippen LogP contribution in [0.2, 0.25) is 0 Å². The Labute approximate surface area is 185 Å². The van der Waals surface area contributed by atoms with Crippen LogP contribution < -0.4 is 4.90 Å². The highest BCUT2D eigenvalue weighted by atomic mass is 16.2. The lowest BCUT2D eigenvalue weighted by molar-refractivity contribution is 0.0827. The molecule has 0 N–H and O–H groups in total. The molecule has 0 saturated heterocycles. The van der Waals surface area contributed by atoms with Crippen molar-refractivity contribution in [2.75, 3.05) is 26.0 Å². The number of nitrogens with zero attached hydrogens (tertiary/aromatic N) is 6. The lowest BCUT2D eigenvalue weighted by Crippen LogP contribution is -2.27. The van der Waals surface area contributed by atoms with Gasteiger partial charge in [-0.25, -0.2) is 9.97 Å². The minimum atomic E-state index is -0.289. The first-order chi connectivity index (χ1) is 15.4. The predicted molar refractivity (Wildman–Crippen MR) is 120 cm³/mol. The van der Waals surface area contributed by atoms with Gasteiger partial charge in [0.05, 0.1) is 29.7 Å². The Morgan fingerprint density at radius 2 is 1.59 bits per heavy atom. The topological polar surface area (TPSA) is 94.6 Å². The van der Waals surface area contributed by atoms with Crippen LogP contribution in [0.5, 0.6) is 0 Å². The Balaban J connectivity index is 1.66. The van der Waals surface area contributed by atoms with Crippen LogP contribution in [0.1, 0.15) is 26.4 Å². The van der Waals surface area contributed by atoms with E-state index in [1.165, 1.54) is 9.80 Å². The van der Waals surface area contributed by atoms with Crippen molar-refractivity contribution in [1.29, 1.82) is 5.26 Å². The molecule has 0 aliphatic heterocycles. The molecule has 0 fully saturated rings. The molecule has 0 aliphatic rings. The minimum Gasteiger partial charge on any atom is -0.345 e. The number of carbonyl (C=O) groups excluding carboxylic acids is 2. The summed E-state index contributed by atoms with van der Waals surface area (Å²) in [6, 6.07) is 16.1. The van der Waals surface area contributed by atoms with Gasteiger partial charge in [0.1, 0.15) is 5.69 Å². The Morgan fingerprint density at radius 3 is 2.22 bits per heavy atom. The van der Waals surface area contributed by atoms with Crippen LogP contribution in [0, 0.1) is 11.3 Å². The third kappa shape index (κ3) is 3.79. The number of imidazole rings is 1. The number of nitriles is 1. The van der Waals surface area contributed by atoms with Crippen molar-refractivity contribution in [1.82, 2.24) is 19.3 Å². The molecule has 0 aliphatic carbocycles. The maximum atomic E-state index is 13.0. The molecule has 4 rings (SSSR count). The van der Waals surface area contributed by atoms with Gasteiger partial charge in [-0.3, -0.25) is 14.0 Å². The molecule has 0 bridgehead atoms. The van der Waals surface area contributed by atoms with E-state index in [0.29, 0.717) is 22.5 Å². The lowest BCUT2D eigenvalue weighted by atomic mass is 10.1. The van der Waals surface area contributed by atoms with Crippen LogP contribution in [0.3, 0.4) is 0 Å². The van der Waals surface area contributed by atoms with Crippen molar-refractivity contribution >= 4 is 23.1 Å². The molecule has 8 nitrogen and oxygen atoms in total. The average molecular weight is 424 g/mol. The number of hydrogen-bond donors (Lipinski definition) is 0. The van der Waals surface area contributed by atoms with Crippen LogP contribution in [-0.2, 0) is 0 Å². The SMILES string of the molecule is CN(C)C(=O)c1ccc(-c2cnc3cnc(C(=O)N(C)c4ccc(C#N)cc4)cn23)cc1. The van der Waals surface area contributed by atoms with Crippen molar-refractivity contribution in [2.24, 2.45) is 0 Å². The van der Waals surface area contributed by atoms with Crippen molar-refractivity contribution in [3.8, 4) is 17.3 Å². The van der Waals surface area contributed by atoms with Gasteiger partial charge in [-0.2, -0.15) is 5.26 Å². The monoisotopic (exact) mass is 424 g/mol. The number of hydrogen-bond acceptors (Lipinski definition) is 5. The summed E-state index contributed by atoms with van der Waals surface area (Å²) in [4.78, 5) is 36.8. The third-order valence-corrected chi connectivity index (χ3v) is 5.14. The lowest BCUT2D eigenvalue weighted by Gasteiger charge is -2.17. The van der Waals surface area contributed by atoms with Gasteiger partial charge < -0.3 is 9.80 Å². The first-order valence-electron chi connectivity index (χ1n) is 9.82. The van der Waals surface area contributed by atoms with E-state index in [1.807, 2.05) is 12.1 Å². The molecular formula is C24H20N6O2. The normalized spacial score (nSPS) is 10.6. The van der Waals surface area contributed by atoms with Crippen molar-refractivity contribution < 1.29 is 9.59 Å². The molecule has 2 aromatic heterocycles. The maximum absolute atomic E-state index is 13.0. The predicted octanol–water partition coefficient (Wildman–Crippen LogP) is 3.25. The Hall–Kier alpha value is -4.51. The third-order valence-electron chi connectivity index (χ3n) is 5.14. The fourth-order valence-corrected chi connectivity index (χ4v) is 3.30. The summed E-state index contributed by atoms with van der Waals surface area (Å²) < 4.78 is 1.80. The zero-order chi connectivity index (χ0) is 22.8. The van der Waals surface area contributed by atoms with Gasteiger partial charge in [0.2, 0.25) is 0 Å². The van der Waals surface area contributed by atoms with Crippen molar-refractivity contribution in [2.45, 2.75) is 0 Å². The molecule has 0 atom stereocenters. The van der Waals surface area contributed by atoms with Gasteiger partial charge in [-0.05, 0) is 36.4 Å². The highest BCUT2D eigenvalue weighted by molar-refractivity contribution is 6.04. The molecule has 0 radical (unpaired) electrons. The number of aromatic nitrogens is 3. The number of rotatable bonds is 4. The van der Waals surface area contributed by atoms with E-state index >= 15 is 0 Å². The van der Waals surface area contributed by atoms with E-state index in [9.17, 15) is 9.59 Å². The molecule has 0 saturated carbocycles. The summed E-state index contributed by atoms with van der Waals surface area (Å²) in [6.45, 7) is 0. The van der Waals surface area contributed by atoms with E-state index in [1.54, 1.807) is 80.5 Å². The summed E-state index contributed by atoms with van der Waals surface area (Å²) in [7, 11) is 5.08. The van der Waals surface area contributed by atoms with Gasteiger partial charge in [0.15, 0.2) is 5.65 Å². The van der Waals surface area contributed by atoms with Crippen LogP contribution in [0.25, 0.3) is 16.9 Å². The quantitative estimate of drug-likeness (QED) is 0.501. The summed E-state index contributed by atoms with van der Waals surface area (Å²) in [6.07, 6.45) is 4.91. The summed E-state index contributed by atoms with van der Waals surface area (Å²) in [5, 5.41) is 8.95. The van der Waals surface area contributed by atoms with Crippen molar-refractivity contribution in [3.05, 3.63) is 83.9 Å². The molecule has 2 heterocycles. The van der Waals surface area contributed by atoms with Gasteiger partial charge in [0, 0.05) is 44.2 Å². The highest BCUT2D eigenvalue weighted by Gasteiger charge is 2.17. The highest BCUT2D eigenvalue weighted by Crippen LogP contribution is 2.23. The van der Waals surface area contributed by atoms with Gasteiger partial charge >= 0.3 is 0 Å². The van der Waals surface area contributed by atoms with Crippen LogP contribution in [0.15, 0.2) is 67.1 Å². The standard InChI is InChI=1S/C24H20N6O2/c1-28(2)23(31)18-8-6-17(7-9-18)21-13-27-22-14-26-20(15-30(21)22)24(32)29(3)19-10-4-16(12-25)5-11-19/h4-11,13-15H,1-3H3. The number of fused-ring (bicyclic) bond motifs is 1. The van der Waals surface area contributed by atoms with Gasteiger partial charge in [0.25, 0.3) is 11.8 Å². The molecule has 8 heteroatoms. The number of amides is 2. The zero-order valence-corrected chi connectivity index (χ0v) is 17.9. The smallest absolute Gasteiger partial charge is 0.278 e. The van der Waals surface area contributed by atoms with E-state index < -0.39 is 0 Å². The Kier molecular flexibility index (Phi) is 5.39. The van der Waals surface area contributed by atoms with Crippen molar-refractivity contribution in [3.63, 3.8) is 0 Å². The molecular weight excluding hydrogens is 404 g/mol. The first kappa shape index (κ1) is 20.8. The van der Waals surface area contributed by atoms with E-state index in [2.05, 4.69) is 16.0 Å². The second-order valence-corrected chi connectivity index (χ2v) is 7.44. The number of carbonyl (C=O) groups is 2. The van der Waals surface area contributed by atoms with Crippen LogP contribution in [-0.4, -0.2) is 52.2 Å². The molecule has 0 unspecified atom stereocenters. The van der Waals surface area contributed by atoms with E-state index in [4.69, 9.17) is 5.26 Å².